The fraction of sp³-hybridized carbons (Fsp3) is 0.533. The highest BCUT2D eigenvalue weighted by Gasteiger charge is 2.37. The van der Waals surface area contributed by atoms with Gasteiger partial charge in [-0.2, -0.15) is 13.2 Å². The fourth-order valence-electron chi connectivity index (χ4n) is 2.33. The third kappa shape index (κ3) is 3.04. The van der Waals surface area contributed by atoms with Crippen molar-refractivity contribution in [1.29, 1.82) is 0 Å². The maximum Gasteiger partial charge on any atom is 0.416 e. The maximum atomic E-state index is 13.1. The van der Waals surface area contributed by atoms with Gasteiger partial charge in [0.15, 0.2) is 0 Å². The van der Waals surface area contributed by atoms with Gasteiger partial charge in [-0.1, -0.05) is 6.85 Å². The van der Waals surface area contributed by atoms with E-state index in [0.717, 1.165) is 6.07 Å². The predicted molar refractivity (Wildman–Crippen MR) is 76.6 cm³/mol. The molecule has 1 aromatic carbocycles. The second-order valence-electron chi connectivity index (χ2n) is 4.61. The molecule has 7 heteroatoms. The minimum atomic E-state index is -4.79. The number of hydrogen-bond donors (Lipinski definition) is 1. The highest BCUT2D eigenvalue weighted by Crippen LogP contribution is 2.40. The van der Waals surface area contributed by atoms with Crippen LogP contribution in [-0.2, 0) is 10.9 Å². The average Bonchev–Trinajstić information content (AvgIpc) is 2.57. The van der Waals surface area contributed by atoms with Gasteiger partial charge in [-0.25, -0.2) is 4.79 Å². The molecular weight excluding hydrogens is 297 g/mol. The lowest BCUT2D eigenvalue weighted by Gasteiger charge is -2.39. The number of anilines is 1. The van der Waals surface area contributed by atoms with Crippen molar-refractivity contribution in [3.63, 3.8) is 0 Å². The van der Waals surface area contributed by atoms with Crippen molar-refractivity contribution in [3.05, 3.63) is 29.3 Å². The quantitative estimate of drug-likeness (QED) is 0.898. The summed E-state index contributed by atoms with van der Waals surface area (Å²) in [6, 6.07) is -1.38. The average molecular weight is 326 g/mol. The van der Waals surface area contributed by atoms with Crippen molar-refractivity contribution >= 4 is 11.8 Å². The summed E-state index contributed by atoms with van der Waals surface area (Å²) in [6.07, 6.45) is -10.4. The van der Waals surface area contributed by atoms with E-state index in [-0.39, 0.29) is 5.56 Å². The molecule has 1 amide bonds. The van der Waals surface area contributed by atoms with Crippen LogP contribution in [0, 0.1) is 0 Å². The van der Waals surface area contributed by atoms with Crippen LogP contribution in [-0.4, -0.2) is 18.7 Å². The second-order valence-corrected chi connectivity index (χ2v) is 4.61. The molecule has 0 radical (unpaired) electrons. The summed E-state index contributed by atoms with van der Waals surface area (Å²) in [5, 5.41) is 0. The summed E-state index contributed by atoms with van der Waals surface area (Å²) in [5.74, 6) is 0. The number of hydrogen-bond acceptors (Lipinski definition) is 3. The molecule has 0 unspecified atom stereocenters. The highest BCUT2D eigenvalue weighted by atomic mass is 19.4. The molecule has 1 aliphatic heterocycles. The lowest BCUT2D eigenvalue weighted by molar-refractivity contribution is -0.137. The molecule has 0 aliphatic carbocycles. The standard InChI is InChI=1S/C15H19F3N2O2/c1-3-10-8-12(19)11-7-9(15(16,17)18)5-6-13(11)20(10)14(21)22-4-2/h5-7,10,12H,3-4,8,19H2,1-2H3/t10-,12-/m0/s1/i1D3,2D3,3D2,4D2. The number of nitrogens with zero attached hydrogens (tertiary/aromatic N) is 1. The summed E-state index contributed by atoms with van der Waals surface area (Å²) in [6.45, 7) is -10.4. The highest BCUT2D eigenvalue weighted by molar-refractivity contribution is 5.90. The van der Waals surface area contributed by atoms with Crippen LogP contribution in [0.25, 0.3) is 0 Å². The molecule has 1 aliphatic rings. The van der Waals surface area contributed by atoms with Gasteiger partial charge < -0.3 is 10.5 Å². The van der Waals surface area contributed by atoms with Crippen molar-refractivity contribution in [2.75, 3.05) is 11.5 Å². The molecule has 4 nitrogen and oxygen atoms in total. The Hall–Kier alpha value is -1.76. The second kappa shape index (κ2) is 6.16. The zero-order valence-corrected chi connectivity index (χ0v) is 11.1. The largest absolute Gasteiger partial charge is 0.449 e. The van der Waals surface area contributed by atoms with Gasteiger partial charge in [0, 0.05) is 23.0 Å². The minimum Gasteiger partial charge on any atom is -0.449 e. The summed E-state index contributed by atoms with van der Waals surface area (Å²) >= 11 is 0. The lowest BCUT2D eigenvalue weighted by atomic mass is 9.89. The van der Waals surface area contributed by atoms with Crippen molar-refractivity contribution in [1.82, 2.24) is 0 Å². The SMILES string of the molecule is [2H]C([2H])([2H])C([2H])([2H])OC(=O)N1c2ccc(C(F)(F)F)cc2[C@@H](N)C[C@@H]1C([2H])([2H])C([2H])([2H])[2H]. The van der Waals surface area contributed by atoms with Crippen LogP contribution in [0.3, 0.4) is 0 Å². The van der Waals surface area contributed by atoms with Gasteiger partial charge in [0.05, 0.1) is 20.6 Å². The zero-order valence-electron chi connectivity index (χ0n) is 21.1. The first-order valence-corrected chi connectivity index (χ1v) is 6.10. The molecule has 0 bridgehead atoms. The van der Waals surface area contributed by atoms with E-state index in [0.29, 0.717) is 17.0 Å². The lowest BCUT2D eigenvalue weighted by Crippen LogP contribution is -2.46. The number of rotatable bonds is 2. The van der Waals surface area contributed by atoms with Crippen molar-refractivity contribution in [2.45, 2.75) is 44.8 Å². The third-order valence-electron chi connectivity index (χ3n) is 3.30. The molecule has 1 heterocycles. The Bertz CT molecular complexity index is 886. The van der Waals surface area contributed by atoms with Gasteiger partial charge in [0.25, 0.3) is 0 Å². The molecule has 0 fully saturated rings. The van der Waals surface area contributed by atoms with E-state index in [4.69, 9.17) is 19.4 Å². The topological polar surface area (TPSA) is 55.6 Å². The number of carbonyl (C=O) groups is 1. The number of alkyl halides is 3. The van der Waals surface area contributed by atoms with Gasteiger partial charge in [-0.05, 0) is 43.4 Å². The minimum absolute atomic E-state index is 0.302. The molecule has 2 N–H and O–H groups in total. The number of fused-ring (bicyclic) bond motifs is 1. The first-order valence-electron chi connectivity index (χ1n) is 11.1. The monoisotopic (exact) mass is 326 g/mol. The first kappa shape index (κ1) is 7.68. The van der Waals surface area contributed by atoms with Gasteiger partial charge in [-0.3, -0.25) is 4.90 Å². The van der Waals surface area contributed by atoms with Gasteiger partial charge in [0.2, 0.25) is 0 Å². The van der Waals surface area contributed by atoms with E-state index < -0.39 is 68.7 Å². The van der Waals surface area contributed by atoms with Crippen LogP contribution in [0.1, 0.15) is 57.4 Å². The molecule has 0 saturated heterocycles. The smallest absolute Gasteiger partial charge is 0.416 e. The van der Waals surface area contributed by atoms with Crippen molar-refractivity contribution < 1.29 is 36.4 Å². The Morgan fingerprint density at radius 2 is 2.32 bits per heavy atom. The molecule has 122 valence electrons. The van der Waals surface area contributed by atoms with E-state index in [9.17, 15) is 18.0 Å². The van der Waals surface area contributed by atoms with E-state index in [1.54, 1.807) is 0 Å². The van der Waals surface area contributed by atoms with E-state index in [2.05, 4.69) is 4.74 Å². The number of carbonyl (C=O) groups excluding carboxylic acids is 1. The number of amides is 1. The summed E-state index contributed by atoms with van der Waals surface area (Å²) in [7, 11) is 0. The van der Waals surface area contributed by atoms with E-state index in [1.165, 1.54) is 0 Å². The van der Waals surface area contributed by atoms with Gasteiger partial charge in [0.1, 0.15) is 0 Å². The van der Waals surface area contributed by atoms with Crippen LogP contribution < -0.4 is 10.6 Å². The fourth-order valence-corrected chi connectivity index (χ4v) is 2.33. The van der Waals surface area contributed by atoms with Crippen molar-refractivity contribution in [2.24, 2.45) is 5.73 Å². The Morgan fingerprint density at radius 1 is 1.55 bits per heavy atom. The van der Waals surface area contributed by atoms with Crippen LogP contribution in [0.5, 0.6) is 0 Å². The van der Waals surface area contributed by atoms with Crippen LogP contribution in [0.2, 0.25) is 0 Å². The van der Waals surface area contributed by atoms with Crippen LogP contribution in [0.4, 0.5) is 23.7 Å². The Morgan fingerprint density at radius 3 is 2.95 bits per heavy atom. The Kier molecular flexibility index (Phi) is 2.15. The zero-order chi connectivity index (χ0) is 25.1. The molecule has 2 atom stereocenters. The van der Waals surface area contributed by atoms with Gasteiger partial charge >= 0.3 is 12.3 Å². The number of nitrogens with two attached hydrogens (primary N) is 1. The molecule has 1 aromatic rings. The van der Waals surface area contributed by atoms with Crippen LogP contribution in [0.15, 0.2) is 18.2 Å². The molecule has 0 spiro atoms. The first-order chi connectivity index (χ1) is 14.1. The summed E-state index contributed by atoms with van der Waals surface area (Å²) < 4.78 is 119. The third-order valence-corrected chi connectivity index (χ3v) is 3.30. The summed E-state index contributed by atoms with van der Waals surface area (Å²) in [5.41, 5.74) is 3.98. The Labute approximate surface area is 141 Å². The van der Waals surface area contributed by atoms with Crippen molar-refractivity contribution in [3.8, 4) is 0 Å². The normalized spacial score (nSPS) is 30.6. The van der Waals surface area contributed by atoms with Crippen LogP contribution >= 0.6 is 0 Å². The summed E-state index contributed by atoms with van der Waals surface area (Å²) in [4.78, 5) is 13.1. The number of halogens is 3. The molecule has 0 saturated carbocycles. The Balaban J connectivity index is 2.67. The molecular formula is C15H19F3N2O2. The molecule has 2 rings (SSSR count). The van der Waals surface area contributed by atoms with E-state index in [1.807, 2.05) is 0 Å². The maximum absolute atomic E-state index is 13.1. The van der Waals surface area contributed by atoms with E-state index >= 15 is 0 Å². The number of ether oxygens (including phenoxy) is 1. The predicted octanol–water partition coefficient (Wildman–Crippen LogP) is 3.85. The molecule has 0 aromatic heterocycles. The number of benzene rings is 1. The molecule has 22 heavy (non-hydrogen) atoms. The van der Waals surface area contributed by atoms with Gasteiger partial charge in [-0.15, -0.1) is 0 Å².